The van der Waals surface area contributed by atoms with Crippen LogP contribution < -0.4 is 0 Å². The monoisotopic (exact) mass is 177 g/mol. The van der Waals surface area contributed by atoms with Gasteiger partial charge in [-0.3, -0.25) is 0 Å². The molecule has 0 unspecified atom stereocenters. The first kappa shape index (κ1) is 5.43. The van der Waals surface area contributed by atoms with E-state index in [9.17, 15) is 0 Å². The average Bonchev–Trinajstić information content (AvgIpc) is 2.35. The molecule has 0 saturated heterocycles. The summed E-state index contributed by atoms with van der Waals surface area (Å²) >= 11 is 0.284. The van der Waals surface area contributed by atoms with Gasteiger partial charge in [0.25, 0.3) is 0 Å². The zero-order valence-corrected chi connectivity index (χ0v) is 7.06. The van der Waals surface area contributed by atoms with Crippen molar-refractivity contribution >= 4 is 20.1 Å². The molecule has 0 atom stereocenters. The molecular weight excluding hydrogens is 171 g/mol. The summed E-state index contributed by atoms with van der Waals surface area (Å²) in [5.74, 6) is 0. The van der Waals surface area contributed by atoms with E-state index < -0.39 is 0 Å². The third-order valence-electron chi connectivity index (χ3n) is 1.55. The van der Waals surface area contributed by atoms with Gasteiger partial charge in [0.1, 0.15) is 0 Å². The zero-order chi connectivity index (χ0) is 6.27. The SMILES string of the molecule is CC1=C2C=CC=C2[C]=[As]1. The van der Waals surface area contributed by atoms with Crippen LogP contribution >= 0.6 is 0 Å². The van der Waals surface area contributed by atoms with Crippen molar-refractivity contribution < 1.29 is 0 Å². The molecule has 0 fully saturated rings. The molecule has 0 spiro atoms. The fourth-order valence-corrected chi connectivity index (χ4v) is 2.71. The van der Waals surface area contributed by atoms with Gasteiger partial charge in [-0.1, -0.05) is 0 Å². The Hall–Kier alpha value is -0.352. The van der Waals surface area contributed by atoms with Gasteiger partial charge in [0.05, 0.1) is 0 Å². The molecule has 1 aliphatic carbocycles. The predicted molar refractivity (Wildman–Crippen MR) is 40.7 cm³/mol. The maximum absolute atomic E-state index is 3.39. The number of hydrogen-bond acceptors (Lipinski definition) is 0. The van der Waals surface area contributed by atoms with E-state index in [1.165, 1.54) is 11.1 Å². The van der Waals surface area contributed by atoms with Crippen LogP contribution in [0.2, 0.25) is 0 Å². The van der Waals surface area contributed by atoms with E-state index in [0.717, 1.165) is 0 Å². The first-order valence-corrected chi connectivity index (χ1v) is 4.82. The molecule has 0 aromatic carbocycles. The molecule has 0 N–H and O–H groups in total. The van der Waals surface area contributed by atoms with Crippen LogP contribution in [0.1, 0.15) is 6.92 Å². The van der Waals surface area contributed by atoms with Gasteiger partial charge in [-0.05, 0) is 0 Å². The summed E-state index contributed by atoms with van der Waals surface area (Å²) in [5.41, 5.74) is 2.78. The van der Waals surface area contributed by atoms with Crippen molar-refractivity contribution in [3.8, 4) is 0 Å². The first-order valence-electron chi connectivity index (χ1n) is 2.94. The molecule has 1 heterocycles. The molecule has 0 aromatic rings. The third kappa shape index (κ3) is 0.702. The Morgan fingerprint density at radius 3 is 3.22 bits per heavy atom. The normalized spacial score (nSPS) is 23.0. The Morgan fingerprint density at radius 1 is 1.56 bits per heavy atom. The number of allylic oxidation sites excluding steroid dienone is 6. The Balaban J connectivity index is 2.62. The summed E-state index contributed by atoms with van der Waals surface area (Å²) < 4.78 is 1.55. The van der Waals surface area contributed by atoms with Gasteiger partial charge < -0.3 is 0 Å². The van der Waals surface area contributed by atoms with E-state index in [1.54, 1.807) is 4.36 Å². The van der Waals surface area contributed by atoms with Gasteiger partial charge in [0.15, 0.2) is 0 Å². The number of rotatable bonds is 0. The Labute approximate surface area is 61.2 Å². The second kappa shape index (κ2) is 1.81. The molecule has 9 heavy (non-hydrogen) atoms. The number of hydrogen-bond donors (Lipinski definition) is 0. The topological polar surface area (TPSA) is 0 Å². The van der Waals surface area contributed by atoms with E-state index in [1.807, 2.05) is 0 Å². The fourth-order valence-electron chi connectivity index (χ4n) is 1.04. The summed E-state index contributed by atoms with van der Waals surface area (Å²) in [6, 6.07) is 0. The van der Waals surface area contributed by atoms with Crippen molar-refractivity contribution in [1.29, 1.82) is 0 Å². The predicted octanol–water partition coefficient (Wildman–Crippen LogP) is 1.15. The maximum atomic E-state index is 3.39. The first-order chi connectivity index (χ1) is 4.38. The van der Waals surface area contributed by atoms with E-state index >= 15 is 0 Å². The van der Waals surface area contributed by atoms with Gasteiger partial charge in [-0.2, -0.15) is 0 Å². The van der Waals surface area contributed by atoms with Crippen LogP contribution in [0, 0.1) is 0 Å². The van der Waals surface area contributed by atoms with Crippen LogP contribution in [0.15, 0.2) is 33.7 Å². The molecule has 0 nitrogen and oxygen atoms in total. The van der Waals surface area contributed by atoms with Crippen molar-refractivity contribution in [2.24, 2.45) is 0 Å². The standard InChI is InChI=1S/C8H6As/c1-6-8-4-2-3-7(8)5-9-6/h2-4H,1H3. The van der Waals surface area contributed by atoms with Gasteiger partial charge in [-0.15, -0.1) is 0 Å². The fraction of sp³-hybridized carbons (Fsp3) is 0.125. The summed E-state index contributed by atoms with van der Waals surface area (Å²) in [7, 11) is 0. The van der Waals surface area contributed by atoms with Crippen LogP contribution in [0.25, 0.3) is 0 Å². The van der Waals surface area contributed by atoms with Crippen LogP contribution in [0.5, 0.6) is 0 Å². The quantitative estimate of drug-likeness (QED) is 0.487. The van der Waals surface area contributed by atoms with Gasteiger partial charge in [0, 0.05) is 0 Å². The molecule has 1 heteroatoms. The molecule has 0 bridgehead atoms. The van der Waals surface area contributed by atoms with Crippen LogP contribution in [0.3, 0.4) is 0 Å². The Kier molecular flexibility index (Phi) is 1.10. The van der Waals surface area contributed by atoms with Crippen molar-refractivity contribution in [2.45, 2.75) is 6.92 Å². The molecule has 2 aliphatic rings. The second-order valence-electron chi connectivity index (χ2n) is 2.16. The third-order valence-corrected chi connectivity index (χ3v) is 3.50. The molecule has 2 rings (SSSR count). The second-order valence-corrected chi connectivity index (χ2v) is 4.51. The molecule has 43 valence electrons. The number of fused-ring (bicyclic) bond motifs is 1. The average molecular weight is 177 g/mol. The zero-order valence-electron chi connectivity index (χ0n) is 5.18. The Bertz CT molecular complexity index is 264. The van der Waals surface area contributed by atoms with Gasteiger partial charge in [0.2, 0.25) is 0 Å². The van der Waals surface area contributed by atoms with Crippen molar-refractivity contribution in [1.82, 2.24) is 0 Å². The summed E-state index contributed by atoms with van der Waals surface area (Å²) in [6.45, 7) is 2.21. The van der Waals surface area contributed by atoms with Crippen LogP contribution in [-0.4, -0.2) is 20.1 Å². The minimum atomic E-state index is 0.284. The minimum absolute atomic E-state index is 0.284. The van der Waals surface area contributed by atoms with Crippen molar-refractivity contribution in [3.63, 3.8) is 0 Å². The molecule has 0 aromatic heterocycles. The van der Waals surface area contributed by atoms with Crippen molar-refractivity contribution in [3.05, 3.63) is 33.7 Å². The summed E-state index contributed by atoms with van der Waals surface area (Å²) in [6.07, 6.45) is 6.42. The van der Waals surface area contributed by atoms with E-state index in [-0.39, 0.29) is 15.3 Å². The van der Waals surface area contributed by atoms with Crippen LogP contribution in [-0.2, 0) is 0 Å². The molecular formula is C8H6As. The summed E-state index contributed by atoms with van der Waals surface area (Å²) in [4.78, 5) is 3.39. The van der Waals surface area contributed by atoms with Gasteiger partial charge in [-0.25, -0.2) is 0 Å². The molecule has 1 aliphatic heterocycles. The Morgan fingerprint density at radius 2 is 2.44 bits per heavy atom. The molecule has 1 radical (unpaired) electrons. The van der Waals surface area contributed by atoms with Crippen LogP contribution in [0.4, 0.5) is 0 Å². The van der Waals surface area contributed by atoms with Crippen molar-refractivity contribution in [2.75, 3.05) is 0 Å². The van der Waals surface area contributed by atoms with E-state index in [0.29, 0.717) is 0 Å². The summed E-state index contributed by atoms with van der Waals surface area (Å²) in [5, 5.41) is 0. The molecule has 0 amide bonds. The van der Waals surface area contributed by atoms with E-state index in [4.69, 9.17) is 0 Å². The molecule has 0 saturated carbocycles. The van der Waals surface area contributed by atoms with Gasteiger partial charge >= 0.3 is 60.8 Å². The van der Waals surface area contributed by atoms with E-state index in [2.05, 4.69) is 30.0 Å².